The van der Waals surface area contributed by atoms with Gasteiger partial charge in [0.15, 0.2) is 70.8 Å². The molecule has 0 aliphatic carbocycles. The second kappa shape index (κ2) is 17.7. The highest BCUT2D eigenvalue weighted by molar-refractivity contribution is 6.72. The molecule has 2 heterocycles. The Bertz CT molecular complexity index is 1070. The Labute approximate surface area is 319 Å². The molecule has 304 valence electrons. The zero-order valence-electron chi connectivity index (χ0n) is 36.2. The highest BCUT2D eigenvalue weighted by atomic mass is 28.4. The lowest BCUT2D eigenvalue weighted by atomic mass is 9.97. The van der Waals surface area contributed by atoms with Crippen LogP contribution in [0.15, 0.2) is 0 Å². The normalized spacial score (nSPS) is 32.4. The maximum Gasteiger partial charge on any atom is 0.186 e. The van der Waals surface area contributed by atoms with Crippen LogP contribution in [-0.4, -0.2) is 138 Å². The van der Waals surface area contributed by atoms with Gasteiger partial charge in [0.25, 0.3) is 0 Å². The van der Waals surface area contributed by atoms with Gasteiger partial charge < -0.3 is 50.3 Å². The zero-order valence-corrected chi connectivity index (χ0v) is 43.2. The lowest BCUT2D eigenvalue weighted by Gasteiger charge is -2.53. The molecule has 11 nitrogen and oxygen atoms in total. The molecule has 0 unspecified atom stereocenters. The van der Waals surface area contributed by atoms with Gasteiger partial charge >= 0.3 is 0 Å². The Balaban J connectivity index is 2.83. The van der Waals surface area contributed by atoms with Crippen LogP contribution >= 0.6 is 0 Å². The number of rotatable bonds is 18. The minimum Gasteiger partial charge on any atom is -0.415 e. The van der Waals surface area contributed by atoms with Crippen molar-refractivity contribution in [2.24, 2.45) is 0 Å². The summed E-state index contributed by atoms with van der Waals surface area (Å²) in [5, 5.41) is 11.5. The topological polar surface area (TPSA) is 113 Å². The third-order valence-corrected chi connectivity index (χ3v) is 14.3. The van der Waals surface area contributed by atoms with E-state index in [0.717, 1.165) is 0 Å². The Hall–Kier alpha value is 1.08. The lowest BCUT2D eigenvalue weighted by Crippen LogP contribution is -2.69. The van der Waals surface area contributed by atoms with Crippen molar-refractivity contribution in [1.82, 2.24) is 0 Å². The Morgan fingerprint density at radius 3 is 1.06 bits per heavy atom. The monoisotopic (exact) mass is 846 g/mol. The fourth-order valence-electron chi connectivity index (χ4n) is 5.84. The van der Waals surface area contributed by atoms with Crippen LogP contribution in [0.3, 0.4) is 0 Å². The predicted molar refractivity (Wildman–Crippen MR) is 224 cm³/mol. The fourth-order valence-corrected chi connectivity index (χ4v) is 12.6. The van der Waals surface area contributed by atoms with Crippen molar-refractivity contribution in [2.45, 2.75) is 199 Å². The van der Waals surface area contributed by atoms with Crippen LogP contribution in [0, 0.1) is 0 Å². The van der Waals surface area contributed by atoms with Gasteiger partial charge in [-0.15, -0.1) is 0 Å². The van der Waals surface area contributed by atoms with E-state index < -0.39 is 120 Å². The molecule has 51 heavy (non-hydrogen) atoms. The van der Waals surface area contributed by atoms with E-state index in [-0.39, 0.29) is 6.61 Å². The number of aliphatic hydroxyl groups is 1. The number of aliphatic hydroxyl groups excluding tert-OH is 1. The molecule has 18 heteroatoms. The van der Waals surface area contributed by atoms with Crippen molar-refractivity contribution in [1.29, 1.82) is 0 Å². The third kappa shape index (κ3) is 18.3. The smallest absolute Gasteiger partial charge is 0.186 e. The first kappa shape index (κ1) is 48.2. The molecular formula is C33H78O11Si7. The SMILES string of the molecule is C[Si](C)(C)OC[C@@H]1O[C@H](O)[C@@H](O[Si](C)(C)C)[C@H](O[Si](C)(C)C)[C@H]1O[C@H]1O[C@@H](CO[Si](C)(C)C)[C@H](O[Si](C)(C)C)[C@@H](O[Si](C)(C)C)[C@@H]1O[Si](C)(C)C. The second-order valence-electron chi connectivity index (χ2n) is 21.0. The summed E-state index contributed by atoms with van der Waals surface area (Å²) in [6.45, 7) is 45.9. The molecule has 2 saturated heterocycles. The Morgan fingerprint density at radius 1 is 0.373 bits per heavy atom. The molecule has 0 aromatic heterocycles. The van der Waals surface area contributed by atoms with E-state index >= 15 is 0 Å². The molecule has 0 radical (unpaired) electrons. The molecule has 0 aromatic rings. The highest BCUT2D eigenvalue weighted by Crippen LogP contribution is 2.38. The van der Waals surface area contributed by atoms with E-state index in [1.807, 2.05) is 0 Å². The van der Waals surface area contributed by atoms with Crippen LogP contribution in [0.25, 0.3) is 0 Å². The van der Waals surface area contributed by atoms with Crippen LogP contribution in [0.4, 0.5) is 0 Å². The van der Waals surface area contributed by atoms with Crippen LogP contribution in [0.5, 0.6) is 0 Å². The maximum atomic E-state index is 11.5. The quantitative estimate of drug-likeness (QED) is 0.138. The number of ether oxygens (including phenoxy) is 3. The largest absolute Gasteiger partial charge is 0.415 e. The molecule has 0 aromatic carbocycles. The number of hydrogen-bond acceptors (Lipinski definition) is 11. The molecule has 2 fully saturated rings. The van der Waals surface area contributed by atoms with Crippen molar-refractivity contribution in [2.75, 3.05) is 13.2 Å². The van der Waals surface area contributed by atoms with Gasteiger partial charge in [0.05, 0.1) is 13.2 Å². The number of hydrogen-bond donors (Lipinski definition) is 1. The summed E-state index contributed by atoms with van der Waals surface area (Å²) in [5.74, 6) is 0. The molecule has 2 rings (SSSR count). The van der Waals surface area contributed by atoms with Gasteiger partial charge in [0, 0.05) is 0 Å². The summed E-state index contributed by atoms with van der Waals surface area (Å²) in [5.41, 5.74) is 0. The van der Waals surface area contributed by atoms with Gasteiger partial charge in [0.1, 0.15) is 48.8 Å². The first-order valence-electron chi connectivity index (χ1n) is 18.8. The van der Waals surface area contributed by atoms with Gasteiger partial charge in [-0.1, -0.05) is 0 Å². The highest BCUT2D eigenvalue weighted by Gasteiger charge is 2.56. The summed E-state index contributed by atoms with van der Waals surface area (Å²) in [4.78, 5) is 0. The van der Waals surface area contributed by atoms with Gasteiger partial charge in [-0.2, -0.15) is 0 Å². The minimum absolute atomic E-state index is 0.229. The van der Waals surface area contributed by atoms with E-state index in [9.17, 15) is 5.11 Å². The van der Waals surface area contributed by atoms with Gasteiger partial charge in [-0.05, 0) is 137 Å². The van der Waals surface area contributed by atoms with Crippen molar-refractivity contribution >= 4 is 58.2 Å². The average Bonchev–Trinajstić information content (AvgIpc) is 2.84. The van der Waals surface area contributed by atoms with Crippen LogP contribution in [-0.2, 0) is 45.2 Å². The molecule has 0 amide bonds. The van der Waals surface area contributed by atoms with Crippen LogP contribution < -0.4 is 0 Å². The van der Waals surface area contributed by atoms with Crippen molar-refractivity contribution in [3.63, 3.8) is 0 Å². The predicted octanol–water partition coefficient (Wildman–Crippen LogP) is 7.62. The Kier molecular flexibility index (Phi) is 16.7. The fraction of sp³-hybridized carbons (Fsp3) is 1.00. The molecule has 10 atom stereocenters. The second-order valence-corrected chi connectivity index (χ2v) is 52.4. The summed E-state index contributed by atoms with van der Waals surface area (Å²) in [6.07, 6.45) is -6.86. The molecule has 2 aliphatic rings. The van der Waals surface area contributed by atoms with E-state index in [4.69, 9.17) is 45.2 Å². The first-order chi connectivity index (χ1) is 22.5. The van der Waals surface area contributed by atoms with E-state index in [1.165, 1.54) is 0 Å². The van der Waals surface area contributed by atoms with E-state index in [1.54, 1.807) is 0 Å². The summed E-state index contributed by atoms with van der Waals surface area (Å²) < 4.78 is 68.5. The molecule has 0 bridgehead atoms. The zero-order chi connectivity index (χ0) is 39.8. The molecule has 0 saturated carbocycles. The van der Waals surface area contributed by atoms with Crippen LogP contribution in [0.1, 0.15) is 0 Å². The minimum atomic E-state index is -2.23. The van der Waals surface area contributed by atoms with Gasteiger partial charge in [-0.3, -0.25) is 0 Å². The lowest BCUT2D eigenvalue weighted by molar-refractivity contribution is -0.346. The molecular weight excluding hydrogens is 769 g/mol. The molecule has 2 aliphatic heterocycles. The summed E-state index contributed by atoms with van der Waals surface area (Å²) in [6, 6.07) is 0. The van der Waals surface area contributed by atoms with E-state index in [0.29, 0.717) is 6.61 Å². The summed E-state index contributed by atoms with van der Waals surface area (Å²) in [7, 11) is -14.9. The van der Waals surface area contributed by atoms with Crippen molar-refractivity contribution < 1.29 is 50.3 Å². The van der Waals surface area contributed by atoms with Gasteiger partial charge in [0.2, 0.25) is 0 Å². The maximum absolute atomic E-state index is 11.5. The van der Waals surface area contributed by atoms with Crippen molar-refractivity contribution in [3.05, 3.63) is 0 Å². The molecule has 1 N–H and O–H groups in total. The Morgan fingerprint density at radius 2 is 0.686 bits per heavy atom. The van der Waals surface area contributed by atoms with Crippen molar-refractivity contribution in [3.8, 4) is 0 Å². The standard InChI is InChI=1S/C33H78O11Si7/c1-45(2,3)35-22-24-26(28(41-48(10,11)12)30(32(34)37-24)43-50(16,17)18)39-33-31(44-51(19,20)21)29(42-49(13,14)15)27(40-47(7,8)9)25(38-33)23-36-46(4,5)6/h24-34H,22-23H2,1-21H3/t24-,25-,26-,27-,28+,29+,30-,31-,32-,33+/m0/s1. The van der Waals surface area contributed by atoms with Gasteiger partial charge in [-0.25, -0.2) is 0 Å². The average molecular weight is 848 g/mol. The molecule has 0 spiro atoms. The summed E-state index contributed by atoms with van der Waals surface area (Å²) >= 11 is 0. The van der Waals surface area contributed by atoms with E-state index in [2.05, 4.69) is 137 Å². The third-order valence-electron chi connectivity index (χ3n) is 7.30. The van der Waals surface area contributed by atoms with Crippen LogP contribution in [0.2, 0.25) is 137 Å². The first-order valence-corrected chi connectivity index (χ1v) is 42.7.